The number of nitrogens with zero attached hydrogens (tertiary/aromatic N) is 3. The van der Waals surface area contributed by atoms with Crippen molar-refractivity contribution in [3.63, 3.8) is 0 Å². The van der Waals surface area contributed by atoms with Crippen LogP contribution in [0.3, 0.4) is 0 Å². The van der Waals surface area contributed by atoms with Gasteiger partial charge in [0.15, 0.2) is 0 Å². The highest BCUT2D eigenvalue weighted by molar-refractivity contribution is 5.37. The lowest BCUT2D eigenvalue weighted by atomic mass is 10.1. The predicted octanol–water partition coefficient (Wildman–Crippen LogP) is 1.88. The molecule has 0 atom stereocenters. The number of hydrogen-bond donors (Lipinski definition) is 1. The Labute approximate surface area is 94.6 Å². The largest absolute Gasteiger partial charge is 0.392 e. The van der Waals surface area contributed by atoms with Crippen molar-refractivity contribution in [1.29, 1.82) is 0 Å². The third-order valence-corrected chi connectivity index (χ3v) is 2.51. The molecular formula is C12H15N3O. The van der Waals surface area contributed by atoms with E-state index in [4.69, 9.17) is 0 Å². The van der Waals surface area contributed by atoms with E-state index in [1.165, 1.54) is 0 Å². The summed E-state index contributed by atoms with van der Waals surface area (Å²) in [5.41, 5.74) is 2.69. The molecule has 0 unspecified atom stereocenters. The molecule has 0 saturated heterocycles. The van der Waals surface area contributed by atoms with Gasteiger partial charge in [-0.1, -0.05) is 13.8 Å². The Bertz CT molecular complexity index is 477. The van der Waals surface area contributed by atoms with Crippen LogP contribution in [-0.2, 0) is 6.61 Å². The van der Waals surface area contributed by atoms with E-state index < -0.39 is 0 Å². The SMILES string of the molecule is CC(C)c1ccn(-c2cnccc2CO)n1. The van der Waals surface area contributed by atoms with Gasteiger partial charge in [0, 0.05) is 18.0 Å². The molecule has 0 fully saturated rings. The Morgan fingerprint density at radius 1 is 1.38 bits per heavy atom. The minimum absolute atomic E-state index is 0.00523. The minimum Gasteiger partial charge on any atom is -0.392 e. The highest BCUT2D eigenvalue weighted by atomic mass is 16.3. The molecule has 1 N–H and O–H groups in total. The third-order valence-electron chi connectivity index (χ3n) is 2.51. The van der Waals surface area contributed by atoms with E-state index in [9.17, 15) is 5.11 Å². The van der Waals surface area contributed by atoms with Gasteiger partial charge in [-0.05, 0) is 18.1 Å². The molecule has 0 radical (unpaired) electrons. The number of aromatic nitrogens is 3. The van der Waals surface area contributed by atoms with Crippen LogP contribution in [-0.4, -0.2) is 19.9 Å². The molecule has 2 aromatic rings. The summed E-state index contributed by atoms with van der Waals surface area (Å²) < 4.78 is 1.76. The van der Waals surface area contributed by atoms with Gasteiger partial charge in [-0.2, -0.15) is 5.10 Å². The van der Waals surface area contributed by atoms with Crippen molar-refractivity contribution in [2.45, 2.75) is 26.4 Å². The molecule has 0 spiro atoms. The molecule has 4 nitrogen and oxygen atoms in total. The summed E-state index contributed by atoms with van der Waals surface area (Å²) in [6.45, 7) is 4.19. The van der Waals surface area contributed by atoms with Gasteiger partial charge >= 0.3 is 0 Å². The van der Waals surface area contributed by atoms with E-state index in [0.717, 1.165) is 16.9 Å². The molecule has 0 bridgehead atoms. The van der Waals surface area contributed by atoms with Crippen LogP contribution < -0.4 is 0 Å². The first-order valence-electron chi connectivity index (χ1n) is 5.32. The van der Waals surface area contributed by atoms with Crippen molar-refractivity contribution < 1.29 is 5.11 Å². The smallest absolute Gasteiger partial charge is 0.0883 e. The fourth-order valence-corrected chi connectivity index (χ4v) is 1.54. The molecule has 84 valence electrons. The van der Waals surface area contributed by atoms with Crippen LogP contribution in [0.2, 0.25) is 0 Å². The number of hydrogen-bond acceptors (Lipinski definition) is 3. The Hall–Kier alpha value is -1.68. The maximum Gasteiger partial charge on any atom is 0.0883 e. The summed E-state index contributed by atoms with van der Waals surface area (Å²) in [4.78, 5) is 4.05. The number of rotatable bonds is 3. The second kappa shape index (κ2) is 4.45. The summed E-state index contributed by atoms with van der Waals surface area (Å²) in [6, 6.07) is 3.78. The summed E-state index contributed by atoms with van der Waals surface area (Å²) >= 11 is 0. The zero-order chi connectivity index (χ0) is 11.5. The van der Waals surface area contributed by atoms with Gasteiger partial charge in [0.05, 0.1) is 24.2 Å². The van der Waals surface area contributed by atoms with Gasteiger partial charge in [-0.15, -0.1) is 0 Å². The second-order valence-corrected chi connectivity index (χ2v) is 4.00. The Morgan fingerprint density at radius 3 is 2.81 bits per heavy atom. The van der Waals surface area contributed by atoms with Gasteiger partial charge in [0.25, 0.3) is 0 Å². The zero-order valence-electron chi connectivity index (χ0n) is 9.46. The molecule has 2 rings (SSSR count). The van der Waals surface area contributed by atoms with Crippen LogP contribution in [0, 0.1) is 0 Å². The van der Waals surface area contributed by atoms with E-state index >= 15 is 0 Å². The average molecular weight is 217 g/mol. The van der Waals surface area contributed by atoms with Crippen LogP contribution in [0.1, 0.15) is 31.0 Å². The Morgan fingerprint density at radius 2 is 2.19 bits per heavy atom. The monoisotopic (exact) mass is 217 g/mol. The van der Waals surface area contributed by atoms with Crippen molar-refractivity contribution in [3.8, 4) is 5.69 Å². The lowest BCUT2D eigenvalue weighted by molar-refractivity contribution is 0.281. The molecule has 0 aliphatic heterocycles. The fourth-order valence-electron chi connectivity index (χ4n) is 1.54. The second-order valence-electron chi connectivity index (χ2n) is 4.00. The van der Waals surface area contributed by atoms with Crippen molar-refractivity contribution >= 4 is 0 Å². The van der Waals surface area contributed by atoms with Crippen molar-refractivity contribution in [2.75, 3.05) is 0 Å². The third kappa shape index (κ3) is 1.97. The number of aliphatic hydroxyl groups excluding tert-OH is 1. The molecule has 2 aromatic heterocycles. The topological polar surface area (TPSA) is 50.9 Å². The van der Waals surface area contributed by atoms with Gasteiger partial charge in [-0.3, -0.25) is 4.98 Å². The Kier molecular flexibility index (Phi) is 3.01. The van der Waals surface area contributed by atoms with Gasteiger partial charge < -0.3 is 5.11 Å². The molecule has 0 aliphatic rings. The van der Waals surface area contributed by atoms with Crippen LogP contribution in [0.5, 0.6) is 0 Å². The standard InChI is InChI=1S/C12H15N3O/c1-9(2)11-4-6-15(14-11)12-7-13-5-3-10(12)8-16/h3-7,9,16H,8H2,1-2H3. The first kappa shape index (κ1) is 10.8. The first-order chi connectivity index (χ1) is 7.72. The van der Waals surface area contributed by atoms with E-state index in [-0.39, 0.29) is 6.61 Å². The summed E-state index contributed by atoms with van der Waals surface area (Å²) in [7, 11) is 0. The normalized spacial score (nSPS) is 11.0. The zero-order valence-corrected chi connectivity index (χ0v) is 9.46. The van der Waals surface area contributed by atoms with E-state index in [2.05, 4.69) is 23.9 Å². The minimum atomic E-state index is -0.00523. The molecule has 0 saturated carbocycles. The Balaban J connectivity index is 2.42. The molecule has 4 heteroatoms. The summed E-state index contributed by atoms with van der Waals surface area (Å²) in [6.07, 6.45) is 5.27. The maximum absolute atomic E-state index is 9.23. The first-order valence-corrected chi connectivity index (χ1v) is 5.32. The summed E-state index contributed by atoms with van der Waals surface area (Å²) in [5.74, 6) is 0.399. The summed E-state index contributed by atoms with van der Waals surface area (Å²) in [5, 5.41) is 13.7. The molecular weight excluding hydrogens is 202 g/mol. The lowest BCUT2D eigenvalue weighted by Gasteiger charge is -2.06. The maximum atomic E-state index is 9.23. The highest BCUT2D eigenvalue weighted by Crippen LogP contribution is 2.16. The van der Waals surface area contributed by atoms with Crippen LogP contribution in [0.25, 0.3) is 5.69 Å². The van der Waals surface area contributed by atoms with E-state index in [1.807, 2.05) is 12.3 Å². The molecule has 0 aromatic carbocycles. The lowest BCUT2D eigenvalue weighted by Crippen LogP contribution is -2.02. The molecule has 0 amide bonds. The van der Waals surface area contributed by atoms with Crippen molar-refractivity contribution in [3.05, 3.63) is 42.0 Å². The van der Waals surface area contributed by atoms with Crippen molar-refractivity contribution in [2.24, 2.45) is 0 Å². The number of aliphatic hydroxyl groups is 1. The van der Waals surface area contributed by atoms with Gasteiger partial charge in [-0.25, -0.2) is 4.68 Å². The molecule has 0 aliphatic carbocycles. The van der Waals surface area contributed by atoms with Gasteiger partial charge in [0.1, 0.15) is 0 Å². The molecule has 16 heavy (non-hydrogen) atoms. The van der Waals surface area contributed by atoms with E-state index in [1.54, 1.807) is 23.1 Å². The van der Waals surface area contributed by atoms with Gasteiger partial charge in [0.2, 0.25) is 0 Å². The van der Waals surface area contributed by atoms with E-state index in [0.29, 0.717) is 5.92 Å². The van der Waals surface area contributed by atoms with Crippen LogP contribution in [0.4, 0.5) is 0 Å². The highest BCUT2D eigenvalue weighted by Gasteiger charge is 2.07. The predicted molar refractivity (Wildman–Crippen MR) is 61.4 cm³/mol. The fraction of sp³-hybridized carbons (Fsp3) is 0.333. The quantitative estimate of drug-likeness (QED) is 0.854. The van der Waals surface area contributed by atoms with Crippen LogP contribution in [0.15, 0.2) is 30.7 Å². The molecule has 2 heterocycles. The van der Waals surface area contributed by atoms with Crippen molar-refractivity contribution in [1.82, 2.24) is 14.8 Å². The number of pyridine rings is 1. The average Bonchev–Trinajstić information content (AvgIpc) is 2.78. The van der Waals surface area contributed by atoms with Crippen LogP contribution >= 0.6 is 0 Å².